The Balaban J connectivity index is 3.02. The molecular weight excluding hydrogens is 261 g/mol. The first-order chi connectivity index (χ1) is 6.29. The molecule has 1 rings (SSSR count). The maximum Gasteiger partial charge on any atom is 0.573 e. The molecule has 0 unspecified atom stereocenters. The summed E-state index contributed by atoms with van der Waals surface area (Å²) in [5.74, 6) is -0.201. The van der Waals surface area contributed by atoms with Gasteiger partial charge in [0.2, 0.25) is 0 Å². The van der Waals surface area contributed by atoms with Gasteiger partial charge in [-0.1, -0.05) is 15.9 Å². The minimum Gasteiger partial charge on any atom is -0.406 e. The quantitative estimate of drug-likeness (QED) is 0.749. The van der Waals surface area contributed by atoms with Crippen molar-refractivity contribution in [2.45, 2.75) is 20.2 Å². The molecule has 78 valence electrons. The van der Waals surface area contributed by atoms with Crippen molar-refractivity contribution in [3.05, 3.63) is 27.7 Å². The number of rotatable bonds is 1. The number of halogens is 4. The Kier molecular flexibility index (Phi) is 3.09. The minimum absolute atomic E-state index is 0.201. The zero-order valence-corrected chi connectivity index (χ0v) is 9.16. The van der Waals surface area contributed by atoms with Crippen molar-refractivity contribution in [1.29, 1.82) is 0 Å². The van der Waals surface area contributed by atoms with Gasteiger partial charge in [0.15, 0.2) is 0 Å². The second-order valence-electron chi connectivity index (χ2n) is 2.89. The Hall–Kier alpha value is -0.710. The smallest absolute Gasteiger partial charge is 0.406 e. The van der Waals surface area contributed by atoms with Crippen LogP contribution in [0.1, 0.15) is 11.1 Å². The third-order valence-electron chi connectivity index (χ3n) is 1.81. The summed E-state index contributed by atoms with van der Waals surface area (Å²) in [7, 11) is 0. The lowest BCUT2D eigenvalue weighted by atomic mass is 10.1. The largest absolute Gasteiger partial charge is 0.573 e. The minimum atomic E-state index is -4.64. The summed E-state index contributed by atoms with van der Waals surface area (Å²) in [6.07, 6.45) is -4.64. The molecule has 14 heavy (non-hydrogen) atoms. The molecule has 0 heterocycles. The fourth-order valence-corrected chi connectivity index (χ4v) is 1.52. The van der Waals surface area contributed by atoms with E-state index >= 15 is 0 Å². The van der Waals surface area contributed by atoms with Crippen LogP contribution in [0, 0.1) is 13.8 Å². The number of hydrogen-bond acceptors (Lipinski definition) is 1. The molecule has 0 bridgehead atoms. The molecule has 1 aromatic rings. The average molecular weight is 269 g/mol. The predicted molar refractivity (Wildman–Crippen MR) is 50.3 cm³/mol. The molecule has 1 aromatic carbocycles. The molecule has 0 aliphatic heterocycles. The van der Waals surface area contributed by atoms with Crippen LogP contribution in [0.25, 0.3) is 0 Å². The van der Waals surface area contributed by atoms with Crippen LogP contribution < -0.4 is 4.74 Å². The van der Waals surface area contributed by atoms with E-state index in [1.54, 1.807) is 6.92 Å². The van der Waals surface area contributed by atoms with Gasteiger partial charge in [-0.3, -0.25) is 0 Å². The van der Waals surface area contributed by atoms with Crippen molar-refractivity contribution < 1.29 is 17.9 Å². The zero-order chi connectivity index (χ0) is 10.9. The van der Waals surface area contributed by atoms with Crippen LogP contribution in [-0.2, 0) is 0 Å². The molecule has 0 N–H and O–H groups in total. The van der Waals surface area contributed by atoms with Gasteiger partial charge in [-0.25, -0.2) is 0 Å². The number of alkyl halides is 3. The fraction of sp³-hybridized carbons (Fsp3) is 0.333. The predicted octanol–water partition coefficient (Wildman–Crippen LogP) is 3.96. The van der Waals surface area contributed by atoms with Crippen LogP contribution in [0.15, 0.2) is 16.6 Å². The van der Waals surface area contributed by atoms with Gasteiger partial charge in [-0.15, -0.1) is 13.2 Å². The molecule has 1 nitrogen and oxygen atoms in total. The Morgan fingerprint density at radius 1 is 1.21 bits per heavy atom. The summed E-state index contributed by atoms with van der Waals surface area (Å²) in [5, 5.41) is 0. The highest BCUT2D eigenvalue weighted by atomic mass is 79.9. The summed E-state index contributed by atoms with van der Waals surface area (Å²) < 4.78 is 40.0. The van der Waals surface area contributed by atoms with E-state index in [4.69, 9.17) is 0 Å². The van der Waals surface area contributed by atoms with Gasteiger partial charge in [-0.2, -0.15) is 0 Å². The molecule has 0 saturated heterocycles. The molecule has 0 amide bonds. The molecule has 0 aromatic heterocycles. The zero-order valence-electron chi connectivity index (χ0n) is 7.57. The number of ether oxygens (including phenoxy) is 1. The highest BCUT2D eigenvalue weighted by Crippen LogP contribution is 2.29. The van der Waals surface area contributed by atoms with Crippen LogP contribution in [0.3, 0.4) is 0 Å². The van der Waals surface area contributed by atoms with Gasteiger partial charge in [0, 0.05) is 4.47 Å². The van der Waals surface area contributed by atoms with Crippen LogP contribution in [-0.4, -0.2) is 6.36 Å². The summed E-state index contributed by atoms with van der Waals surface area (Å²) in [6.45, 7) is 3.54. The molecule has 5 heteroatoms. The van der Waals surface area contributed by atoms with E-state index in [9.17, 15) is 13.2 Å². The molecular formula is C9H8BrF3O. The number of hydrogen-bond donors (Lipinski definition) is 0. The van der Waals surface area contributed by atoms with Gasteiger partial charge in [0.1, 0.15) is 5.75 Å². The third kappa shape index (κ3) is 2.90. The monoisotopic (exact) mass is 268 g/mol. The summed E-state index contributed by atoms with van der Waals surface area (Å²) in [4.78, 5) is 0. The van der Waals surface area contributed by atoms with Gasteiger partial charge in [-0.05, 0) is 37.1 Å². The van der Waals surface area contributed by atoms with Crippen LogP contribution in [0.4, 0.5) is 13.2 Å². The molecule has 0 aliphatic rings. The number of aryl methyl sites for hydroxylation is 1. The summed E-state index contributed by atoms with van der Waals surface area (Å²) >= 11 is 3.16. The van der Waals surface area contributed by atoms with Crippen molar-refractivity contribution in [2.75, 3.05) is 0 Å². The molecule has 0 spiro atoms. The lowest BCUT2D eigenvalue weighted by molar-refractivity contribution is -0.274. The normalized spacial score (nSPS) is 11.6. The fourth-order valence-electron chi connectivity index (χ4n) is 0.977. The van der Waals surface area contributed by atoms with E-state index in [-0.39, 0.29) is 5.75 Å². The van der Waals surface area contributed by atoms with Crippen LogP contribution >= 0.6 is 15.9 Å². The first-order valence-electron chi connectivity index (χ1n) is 3.82. The van der Waals surface area contributed by atoms with Crippen LogP contribution in [0.2, 0.25) is 0 Å². The number of benzene rings is 1. The molecule has 0 saturated carbocycles. The van der Waals surface area contributed by atoms with Gasteiger partial charge >= 0.3 is 6.36 Å². The van der Waals surface area contributed by atoms with Gasteiger partial charge < -0.3 is 4.74 Å². The van der Waals surface area contributed by atoms with Gasteiger partial charge in [0.05, 0.1) is 0 Å². The SMILES string of the molecule is Cc1cc(OC(F)(F)F)cc(Br)c1C. The van der Waals surface area contributed by atoms with E-state index in [2.05, 4.69) is 20.7 Å². The van der Waals surface area contributed by atoms with Crippen molar-refractivity contribution in [3.8, 4) is 5.75 Å². The third-order valence-corrected chi connectivity index (χ3v) is 2.63. The molecule has 0 atom stereocenters. The van der Waals surface area contributed by atoms with Gasteiger partial charge in [0.25, 0.3) is 0 Å². The molecule has 0 fully saturated rings. The maximum atomic E-state index is 11.9. The van der Waals surface area contributed by atoms with E-state index in [0.717, 1.165) is 11.1 Å². The van der Waals surface area contributed by atoms with Crippen LogP contribution in [0.5, 0.6) is 5.75 Å². The summed E-state index contributed by atoms with van der Waals surface area (Å²) in [5.41, 5.74) is 1.65. The van der Waals surface area contributed by atoms with Crippen molar-refractivity contribution >= 4 is 15.9 Å². The Morgan fingerprint density at radius 3 is 2.21 bits per heavy atom. The highest BCUT2D eigenvalue weighted by molar-refractivity contribution is 9.10. The average Bonchev–Trinajstić information content (AvgIpc) is 1.96. The summed E-state index contributed by atoms with van der Waals surface area (Å²) in [6, 6.07) is 2.66. The van der Waals surface area contributed by atoms with E-state index in [1.165, 1.54) is 12.1 Å². The Bertz CT molecular complexity index is 323. The lowest BCUT2D eigenvalue weighted by Gasteiger charge is -2.11. The molecule has 0 aliphatic carbocycles. The van der Waals surface area contributed by atoms with E-state index < -0.39 is 6.36 Å². The van der Waals surface area contributed by atoms with E-state index in [0.29, 0.717) is 4.47 Å². The standard InChI is InChI=1S/C9H8BrF3O/c1-5-3-7(14-9(11,12)13)4-8(10)6(5)2/h3-4H,1-2H3. The van der Waals surface area contributed by atoms with Crippen molar-refractivity contribution in [3.63, 3.8) is 0 Å². The first kappa shape index (κ1) is 11.4. The highest BCUT2D eigenvalue weighted by Gasteiger charge is 2.31. The first-order valence-corrected chi connectivity index (χ1v) is 4.61. The second kappa shape index (κ2) is 3.81. The molecule has 0 radical (unpaired) electrons. The van der Waals surface area contributed by atoms with Crippen molar-refractivity contribution in [2.24, 2.45) is 0 Å². The topological polar surface area (TPSA) is 9.23 Å². The Morgan fingerprint density at radius 2 is 1.79 bits per heavy atom. The Labute approximate surface area is 88.0 Å². The second-order valence-corrected chi connectivity index (χ2v) is 3.75. The lowest BCUT2D eigenvalue weighted by Crippen LogP contribution is -2.17. The maximum absolute atomic E-state index is 11.9. The van der Waals surface area contributed by atoms with Crippen molar-refractivity contribution in [1.82, 2.24) is 0 Å². The van der Waals surface area contributed by atoms with E-state index in [1.807, 2.05) is 6.92 Å².